The highest BCUT2D eigenvalue weighted by molar-refractivity contribution is 9.10. The van der Waals surface area contributed by atoms with E-state index in [-0.39, 0.29) is 0 Å². The Morgan fingerprint density at radius 2 is 2.17 bits per heavy atom. The van der Waals surface area contributed by atoms with Crippen LogP contribution in [0.25, 0.3) is 0 Å². The zero-order valence-electron chi connectivity index (χ0n) is 11.2. The summed E-state index contributed by atoms with van der Waals surface area (Å²) in [6.45, 7) is 4.24. The van der Waals surface area contributed by atoms with E-state index in [1.54, 1.807) is 0 Å². The highest BCUT2D eigenvalue weighted by Crippen LogP contribution is 2.30. The van der Waals surface area contributed by atoms with Crippen LogP contribution in [0.15, 0.2) is 22.7 Å². The van der Waals surface area contributed by atoms with Crippen LogP contribution in [0.3, 0.4) is 0 Å². The van der Waals surface area contributed by atoms with E-state index >= 15 is 0 Å². The number of rotatable bonds is 3. The standard InChI is InChI=1S/C15H23BrN2/c1-12-5-3-2-4-10-18(12)15-11-14(16)7-6-13(15)8-9-17/h6-7,11-12H,2-5,8-10,17H2,1H3. The second kappa shape index (κ2) is 6.58. The molecule has 2 nitrogen and oxygen atoms in total. The van der Waals surface area contributed by atoms with Crippen molar-refractivity contribution in [2.75, 3.05) is 18.0 Å². The Labute approximate surface area is 119 Å². The van der Waals surface area contributed by atoms with Gasteiger partial charge < -0.3 is 10.6 Å². The molecule has 1 aromatic rings. The van der Waals surface area contributed by atoms with Gasteiger partial charge in [0.1, 0.15) is 0 Å². The fourth-order valence-electron chi connectivity index (χ4n) is 2.80. The quantitative estimate of drug-likeness (QED) is 0.922. The molecule has 0 saturated carbocycles. The van der Waals surface area contributed by atoms with Crippen LogP contribution in [0, 0.1) is 0 Å². The van der Waals surface area contributed by atoms with Crippen molar-refractivity contribution >= 4 is 21.6 Å². The third-order valence-electron chi connectivity index (χ3n) is 3.82. The summed E-state index contributed by atoms with van der Waals surface area (Å²) < 4.78 is 1.16. The van der Waals surface area contributed by atoms with Crippen LogP contribution in [-0.2, 0) is 6.42 Å². The Kier molecular flexibility index (Phi) is 5.07. The predicted octanol–water partition coefficient (Wildman–Crippen LogP) is 3.72. The average Bonchev–Trinajstić information content (AvgIpc) is 2.56. The van der Waals surface area contributed by atoms with Crippen LogP contribution in [-0.4, -0.2) is 19.1 Å². The van der Waals surface area contributed by atoms with Gasteiger partial charge in [0.05, 0.1) is 0 Å². The SMILES string of the molecule is CC1CCCCCN1c1cc(Br)ccc1CCN. The topological polar surface area (TPSA) is 29.3 Å². The first kappa shape index (κ1) is 13.9. The van der Waals surface area contributed by atoms with Gasteiger partial charge in [0.2, 0.25) is 0 Å². The first-order valence-corrected chi connectivity index (χ1v) is 7.77. The van der Waals surface area contributed by atoms with Crippen molar-refractivity contribution in [3.63, 3.8) is 0 Å². The van der Waals surface area contributed by atoms with Crippen molar-refractivity contribution in [1.29, 1.82) is 0 Å². The maximum Gasteiger partial charge on any atom is 0.0412 e. The molecule has 1 aliphatic heterocycles. The fraction of sp³-hybridized carbons (Fsp3) is 0.600. The molecule has 2 rings (SSSR count). The van der Waals surface area contributed by atoms with Gasteiger partial charge in [-0.2, -0.15) is 0 Å². The molecule has 1 unspecified atom stereocenters. The molecule has 100 valence electrons. The van der Waals surface area contributed by atoms with E-state index in [2.05, 4.69) is 46.0 Å². The van der Waals surface area contributed by atoms with Crippen molar-refractivity contribution < 1.29 is 0 Å². The lowest BCUT2D eigenvalue weighted by molar-refractivity contribution is 0.614. The zero-order valence-corrected chi connectivity index (χ0v) is 12.7. The molecule has 0 aromatic heterocycles. The van der Waals surface area contributed by atoms with E-state index in [1.165, 1.54) is 43.5 Å². The highest BCUT2D eigenvalue weighted by atomic mass is 79.9. The second-order valence-electron chi connectivity index (χ2n) is 5.20. The van der Waals surface area contributed by atoms with E-state index in [4.69, 9.17) is 5.73 Å². The van der Waals surface area contributed by atoms with Crippen LogP contribution >= 0.6 is 15.9 Å². The number of anilines is 1. The highest BCUT2D eigenvalue weighted by Gasteiger charge is 2.19. The number of nitrogens with zero attached hydrogens (tertiary/aromatic N) is 1. The lowest BCUT2D eigenvalue weighted by Gasteiger charge is -2.31. The summed E-state index contributed by atoms with van der Waals surface area (Å²) in [4.78, 5) is 2.57. The van der Waals surface area contributed by atoms with E-state index < -0.39 is 0 Å². The normalized spacial score (nSPS) is 20.8. The summed E-state index contributed by atoms with van der Waals surface area (Å²) in [5, 5.41) is 0. The predicted molar refractivity (Wildman–Crippen MR) is 82.2 cm³/mol. The first-order valence-electron chi connectivity index (χ1n) is 6.97. The summed E-state index contributed by atoms with van der Waals surface area (Å²) >= 11 is 3.60. The zero-order chi connectivity index (χ0) is 13.0. The summed E-state index contributed by atoms with van der Waals surface area (Å²) in [5.74, 6) is 0. The molecule has 1 heterocycles. The number of halogens is 1. The maximum atomic E-state index is 5.73. The van der Waals surface area contributed by atoms with E-state index in [9.17, 15) is 0 Å². The molecule has 1 atom stereocenters. The van der Waals surface area contributed by atoms with Gasteiger partial charge in [0.25, 0.3) is 0 Å². The molecule has 18 heavy (non-hydrogen) atoms. The third kappa shape index (κ3) is 3.27. The molecule has 0 aliphatic carbocycles. The van der Waals surface area contributed by atoms with Crippen LogP contribution in [0.5, 0.6) is 0 Å². The minimum atomic E-state index is 0.637. The van der Waals surface area contributed by atoms with Crippen molar-refractivity contribution in [1.82, 2.24) is 0 Å². The van der Waals surface area contributed by atoms with Crippen molar-refractivity contribution in [2.45, 2.75) is 45.1 Å². The van der Waals surface area contributed by atoms with Crippen LogP contribution in [0.2, 0.25) is 0 Å². The molecule has 0 amide bonds. The Morgan fingerprint density at radius 3 is 2.94 bits per heavy atom. The minimum absolute atomic E-state index is 0.637. The molecule has 3 heteroatoms. The lowest BCUT2D eigenvalue weighted by atomic mass is 10.1. The smallest absolute Gasteiger partial charge is 0.0412 e. The van der Waals surface area contributed by atoms with Gasteiger partial charge in [-0.1, -0.05) is 34.8 Å². The number of nitrogens with two attached hydrogens (primary N) is 1. The van der Waals surface area contributed by atoms with Gasteiger partial charge in [-0.25, -0.2) is 0 Å². The first-order chi connectivity index (χ1) is 8.72. The van der Waals surface area contributed by atoms with Crippen LogP contribution in [0.1, 0.15) is 38.2 Å². The Bertz CT molecular complexity index is 392. The van der Waals surface area contributed by atoms with Gasteiger partial charge in [0, 0.05) is 22.7 Å². The molecule has 2 N–H and O–H groups in total. The largest absolute Gasteiger partial charge is 0.369 e. The molecular weight excluding hydrogens is 288 g/mol. The monoisotopic (exact) mass is 310 g/mol. The molecule has 0 spiro atoms. The van der Waals surface area contributed by atoms with Crippen LogP contribution < -0.4 is 10.6 Å². The van der Waals surface area contributed by atoms with E-state index in [0.29, 0.717) is 6.04 Å². The average molecular weight is 311 g/mol. The summed E-state index contributed by atoms with van der Waals surface area (Å²) in [6.07, 6.45) is 6.29. The molecule has 1 saturated heterocycles. The van der Waals surface area contributed by atoms with Gasteiger partial charge in [0.15, 0.2) is 0 Å². The third-order valence-corrected chi connectivity index (χ3v) is 4.32. The fourth-order valence-corrected chi connectivity index (χ4v) is 3.15. The van der Waals surface area contributed by atoms with Gasteiger partial charge in [-0.3, -0.25) is 0 Å². The molecule has 1 aromatic carbocycles. The molecule has 1 fully saturated rings. The molecule has 0 bridgehead atoms. The number of hydrogen-bond acceptors (Lipinski definition) is 2. The van der Waals surface area contributed by atoms with Gasteiger partial charge >= 0.3 is 0 Å². The molecule has 1 aliphatic rings. The van der Waals surface area contributed by atoms with Crippen LogP contribution in [0.4, 0.5) is 5.69 Å². The van der Waals surface area contributed by atoms with E-state index in [0.717, 1.165) is 17.4 Å². The van der Waals surface area contributed by atoms with Crippen molar-refractivity contribution in [3.05, 3.63) is 28.2 Å². The molecule has 0 radical (unpaired) electrons. The van der Waals surface area contributed by atoms with E-state index in [1.807, 2.05) is 0 Å². The van der Waals surface area contributed by atoms with Crippen molar-refractivity contribution in [2.24, 2.45) is 5.73 Å². The summed E-state index contributed by atoms with van der Waals surface area (Å²) in [7, 11) is 0. The second-order valence-corrected chi connectivity index (χ2v) is 6.12. The van der Waals surface area contributed by atoms with Crippen molar-refractivity contribution in [3.8, 4) is 0 Å². The number of benzene rings is 1. The Morgan fingerprint density at radius 1 is 1.33 bits per heavy atom. The lowest BCUT2D eigenvalue weighted by Crippen LogP contribution is -2.33. The summed E-state index contributed by atoms with van der Waals surface area (Å²) in [5.41, 5.74) is 8.49. The van der Waals surface area contributed by atoms with Gasteiger partial charge in [-0.05, 0) is 50.4 Å². The maximum absolute atomic E-state index is 5.73. The molecular formula is C15H23BrN2. The Balaban J connectivity index is 2.31. The minimum Gasteiger partial charge on any atom is -0.369 e. The van der Waals surface area contributed by atoms with Gasteiger partial charge in [-0.15, -0.1) is 0 Å². The Hall–Kier alpha value is -0.540. The summed E-state index contributed by atoms with van der Waals surface area (Å²) in [6, 6.07) is 7.23. The number of hydrogen-bond donors (Lipinski definition) is 1.